The number of halogens is 1. The summed E-state index contributed by atoms with van der Waals surface area (Å²) >= 11 is 5.93. The Balaban J connectivity index is 2.75. The van der Waals surface area contributed by atoms with E-state index in [2.05, 4.69) is 33.0 Å². The topological polar surface area (TPSA) is 38.3 Å². The number of anilines is 1. The molecule has 0 heterocycles. The normalized spacial score (nSPS) is 12.9. The zero-order valence-electron chi connectivity index (χ0n) is 12.2. The first-order chi connectivity index (χ1) is 8.74. The van der Waals surface area contributed by atoms with Crippen molar-refractivity contribution in [2.75, 3.05) is 12.4 Å². The van der Waals surface area contributed by atoms with Gasteiger partial charge in [-0.2, -0.15) is 0 Å². The summed E-state index contributed by atoms with van der Waals surface area (Å²) in [6, 6.07) is 5.17. The van der Waals surface area contributed by atoms with E-state index in [0.29, 0.717) is 22.9 Å². The predicted octanol–water partition coefficient (Wildman–Crippen LogP) is 4.36. The van der Waals surface area contributed by atoms with Gasteiger partial charge in [0, 0.05) is 11.4 Å². The van der Waals surface area contributed by atoms with Crippen LogP contribution in [0.4, 0.5) is 5.69 Å². The summed E-state index contributed by atoms with van der Waals surface area (Å²) < 4.78 is 5.20. The molecule has 0 aromatic heterocycles. The minimum atomic E-state index is -0.0250. The van der Waals surface area contributed by atoms with Crippen LogP contribution in [-0.4, -0.2) is 13.0 Å². The fraction of sp³-hybridized carbons (Fsp3) is 0.533. The molecule has 0 aliphatic rings. The molecule has 1 N–H and O–H groups in total. The highest BCUT2D eigenvalue weighted by molar-refractivity contribution is 6.31. The zero-order chi connectivity index (χ0) is 14.6. The molecule has 1 atom stereocenters. The lowest BCUT2D eigenvalue weighted by molar-refractivity contribution is -0.117. The molecule has 0 aliphatic heterocycles. The van der Waals surface area contributed by atoms with Crippen molar-refractivity contribution in [1.82, 2.24) is 0 Å². The number of hydrogen-bond donors (Lipinski definition) is 1. The van der Waals surface area contributed by atoms with E-state index < -0.39 is 0 Å². The molecule has 1 rings (SSSR count). The summed E-state index contributed by atoms with van der Waals surface area (Å²) in [6.45, 7) is 8.47. The maximum absolute atomic E-state index is 12.0. The van der Waals surface area contributed by atoms with Gasteiger partial charge in [-0.15, -0.1) is 0 Å². The third kappa shape index (κ3) is 4.75. The average Bonchev–Trinajstić information content (AvgIpc) is 2.27. The van der Waals surface area contributed by atoms with Gasteiger partial charge < -0.3 is 10.1 Å². The third-order valence-corrected chi connectivity index (χ3v) is 3.64. The predicted molar refractivity (Wildman–Crippen MR) is 79.9 cm³/mol. The summed E-state index contributed by atoms with van der Waals surface area (Å²) in [7, 11) is 1.57. The molecule has 19 heavy (non-hydrogen) atoms. The molecule has 0 bridgehead atoms. The molecule has 1 aromatic carbocycles. The Labute approximate surface area is 120 Å². The number of benzene rings is 1. The van der Waals surface area contributed by atoms with Crippen LogP contribution in [0.1, 0.15) is 34.1 Å². The fourth-order valence-electron chi connectivity index (χ4n) is 1.56. The maximum Gasteiger partial charge on any atom is 0.224 e. The quantitative estimate of drug-likeness (QED) is 0.891. The van der Waals surface area contributed by atoms with Crippen LogP contribution in [0, 0.1) is 11.3 Å². The molecule has 0 aliphatic carbocycles. The Morgan fingerprint density at radius 3 is 2.58 bits per heavy atom. The smallest absolute Gasteiger partial charge is 0.224 e. The number of amides is 1. The monoisotopic (exact) mass is 283 g/mol. The number of rotatable bonds is 4. The Kier molecular flexibility index (Phi) is 5.24. The van der Waals surface area contributed by atoms with Crippen molar-refractivity contribution in [2.45, 2.75) is 34.1 Å². The van der Waals surface area contributed by atoms with Crippen LogP contribution >= 0.6 is 11.6 Å². The van der Waals surface area contributed by atoms with E-state index in [1.165, 1.54) is 0 Å². The van der Waals surface area contributed by atoms with Gasteiger partial charge in [-0.3, -0.25) is 4.79 Å². The lowest BCUT2D eigenvalue weighted by Gasteiger charge is -2.26. The molecular formula is C15H22ClNO2. The van der Waals surface area contributed by atoms with Gasteiger partial charge in [-0.1, -0.05) is 39.3 Å². The lowest BCUT2D eigenvalue weighted by Crippen LogP contribution is -2.24. The molecule has 0 spiro atoms. The van der Waals surface area contributed by atoms with Crippen molar-refractivity contribution < 1.29 is 9.53 Å². The van der Waals surface area contributed by atoms with Gasteiger partial charge in [0.05, 0.1) is 12.8 Å². The summed E-state index contributed by atoms with van der Waals surface area (Å²) in [5.74, 6) is 0.877. The molecular weight excluding hydrogens is 262 g/mol. The third-order valence-electron chi connectivity index (χ3n) is 3.41. The second-order valence-electron chi connectivity index (χ2n) is 5.86. The summed E-state index contributed by atoms with van der Waals surface area (Å²) in [6.07, 6.45) is 0.471. The van der Waals surface area contributed by atoms with Crippen LogP contribution in [0.3, 0.4) is 0 Å². The van der Waals surface area contributed by atoms with E-state index in [1.54, 1.807) is 25.3 Å². The lowest BCUT2D eigenvalue weighted by atomic mass is 9.80. The fourth-order valence-corrected chi connectivity index (χ4v) is 1.74. The van der Waals surface area contributed by atoms with Gasteiger partial charge in [0.1, 0.15) is 5.75 Å². The van der Waals surface area contributed by atoms with Crippen LogP contribution < -0.4 is 10.1 Å². The first-order valence-electron chi connectivity index (χ1n) is 6.37. The second kappa shape index (κ2) is 6.29. The molecule has 1 amide bonds. The summed E-state index contributed by atoms with van der Waals surface area (Å²) in [4.78, 5) is 12.0. The van der Waals surface area contributed by atoms with E-state index in [1.807, 2.05) is 0 Å². The number of ether oxygens (including phenoxy) is 1. The van der Waals surface area contributed by atoms with Gasteiger partial charge >= 0.3 is 0 Å². The van der Waals surface area contributed by atoms with Gasteiger partial charge in [0.15, 0.2) is 0 Å². The maximum atomic E-state index is 12.0. The largest absolute Gasteiger partial charge is 0.495 e. The highest BCUT2D eigenvalue weighted by atomic mass is 35.5. The molecule has 0 radical (unpaired) electrons. The van der Waals surface area contributed by atoms with Crippen LogP contribution in [0.25, 0.3) is 0 Å². The first kappa shape index (κ1) is 15.8. The van der Waals surface area contributed by atoms with E-state index >= 15 is 0 Å². The van der Waals surface area contributed by atoms with Crippen molar-refractivity contribution in [3.05, 3.63) is 23.2 Å². The molecule has 106 valence electrons. The van der Waals surface area contributed by atoms with Crippen LogP contribution in [0.2, 0.25) is 5.02 Å². The van der Waals surface area contributed by atoms with E-state index in [0.717, 1.165) is 0 Å². The van der Waals surface area contributed by atoms with Gasteiger partial charge in [0.2, 0.25) is 5.91 Å². The van der Waals surface area contributed by atoms with Crippen molar-refractivity contribution in [2.24, 2.45) is 11.3 Å². The highest BCUT2D eigenvalue weighted by Gasteiger charge is 2.23. The SMILES string of the molecule is COc1ccc(Cl)cc1NC(=O)CC(C)C(C)(C)C. The standard InChI is InChI=1S/C15H22ClNO2/c1-10(15(2,3)4)8-14(18)17-12-9-11(16)6-7-13(12)19-5/h6-7,9-10H,8H2,1-5H3,(H,17,18). The Bertz CT molecular complexity index is 452. The van der Waals surface area contributed by atoms with E-state index in [4.69, 9.17) is 16.3 Å². The van der Waals surface area contributed by atoms with Gasteiger partial charge in [-0.25, -0.2) is 0 Å². The average molecular weight is 284 g/mol. The van der Waals surface area contributed by atoms with Gasteiger partial charge in [0.25, 0.3) is 0 Å². The molecule has 0 fully saturated rings. The highest BCUT2D eigenvalue weighted by Crippen LogP contribution is 2.30. The molecule has 1 unspecified atom stereocenters. The minimum Gasteiger partial charge on any atom is -0.495 e. The second-order valence-corrected chi connectivity index (χ2v) is 6.30. The molecule has 0 saturated heterocycles. The Hall–Kier alpha value is -1.22. The number of nitrogens with one attached hydrogen (secondary N) is 1. The number of methoxy groups -OCH3 is 1. The number of carbonyl (C=O) groups is 1. The number of carbonyl (C=O) groups excluding carboxylic acids is 1. The number of hydrogen-bond acceptors (Lipinski definition) is 2. The van der Waals surface area contributed by atoms with Crippen LogP contribution in [0.15, 0.2) is 18.2 Å². The summed E-state index contributed by atoms with van der Waals surface area (Å²) in [5.41, 5.74) is 0.719. The van der Waals surface area contributed by atoms with Crippen molar-refractivity contribution in [3.63, 3.8) is 0 Å². The molecule has 0 saturated carbocycles. The molecule has 3 nitrogen and oxygen atoms in total. The van der Waals surface area contributed by atoms with Crippen molar-refractivity contribution in [3.8, 4) is 5.75 Å². The van der Waals surface area contributed by atoms with Crippen molar-refractivity contribution in [1.29, 1.82) is 0 Å². The van der Waals surface area contributed by atoms with Crippen LogP contribution in [0.5, 0.6) is 5.75 Å². The van der Waals surface area contributed by atoms with Gasteiger partial charge in [-0.05, 0) is 29.5 Å². The minimum absolute atomic E-state index is 0.0250. The Morgan fingerprint density at radius 2 is 2.05 bits per heavy atom. The first-order valence-corrected chi connectivity index (χ1v) is 6.75. The molecule has 1 aromatic rings. The summed E-state index contributed by atoms with van der Waals surface area (Å²) in [5, 5.41) is 3.43. The van der Waals surface area contributed by atoms with Crippen molar-refractivity contribution >= 4 is 23.2 Å². The molecule has 4 heteroatoms. The van der Waals surface area contributed by atoms with E-state index in [9.17, 15) is 4.79 Å². The van der Waals surface area contributed by atoms with E-state index in [-0.39, 0.29) is 17.2 Å². The Morgan fingerprint density at radius 1 is 1.42 bits per heavy atom. The zero-order valence-corrected chi connectivity index (χ0v) is 13.0. The van der Waals surface area contributed by atoms with Crippen LogP contribution in [-0.2, 0) is 4.79 Å².